The Morgan fingerprint density at radius 1 is 1.14 bits per heavy atom. The Hall–Kier alpha value is -2.19. The average molecular weight is 428 g/mol. The van der Waals surface area contributed by atoms with Crippen LogP contribution >= 0.6 is 24.8 Å². The molecule has 3 rings (SSSR count). The van der Waals surface area contributed by atoms with Crippen LogP contribution in [0.3, 0.4) is 0 Å². The highest BCUT2D eigenvalue weighted by atomic mass is 35.5. The Balaban J connectivity index is 0.00000196. The van der Waals surface area contributed by atoms with Gasteiger partial charge >= 0.3 is 0 Å². The molecule has 0 aliphatic carbocycles. The van der Waals surface area contributed by atoms with Crippen LogP contribution in [0.5, 0.6) is 0 Å². The summed E-state index contributed by atoms with van der Waals surface area (Å²) in [6.45, 7) is 0.957. The molecular formula is C19H24Cl2FN5O. The Kier molecular flexibility index (Phi) is 9.34. The molecule has 2 aromatic carbocycles. The van der Waals surface area contributed by atoms with Crippen molar-refractivity contribution in [1.29, 1.82) is 0 Å². The molecule has 0 saturated heterocycles. The molecule has 6 N–H and O–H groups in total. The number of halogens is 3. The van der Waals surface area contributed by atoms with Crippen molar-refractivity contribution in [2.24, 2.45) is 11.5 Å². The SMILES string of the molecule is Cl.Cl.NCCC[C@@H](N)CNC(=O)c1nc2cc(-c3ccc(F)cc3)ccc2[nH]1. The highest BCUT2D eigenvalue weighted by molar-refractivity contribution is 5.94. The summed E-state index contributed by atoms with van der Waals surface area (Å²) in [5.41, 5.74) is 14.6. The monoisotopic (exact) mass is 427 g/mol. The molecule has 9 heteroatoms. The maximum Gasteiger partial charge on any atom is 0.287 e. The second-order valence-electron chi connectivity index (χ2n) is 6.23. The molecule has 1 aromatic heterocycles. The molecule has 1 atom stereocenters. The van der Waals surface area contributed by atoms with Gasteiger partial charge in [-0.2, -0.15) is 0 Å². The zero-order valence-electron chi connectivity index (χ0n) is 15.2. The molecule has 6 nitrogen and oxygen atoms in total. The number of hydrogen-bond acceptors (Lipinski definition) is 4. The van der Waals surface area contributed by atoms with Gasteiger partial charge in [0.2, 0.25) is 0 Å². The molecule has 0 saturated carbocycles. The molecule has 152 valence electrons. The molecule has 0 bridgehead atoms. The number of fused-ring (bicyclic) bond motifs is 1. The van der Waals surface area contributed by atoms with Crippen molar-refractivity contribution in [2.75, 3.05) is 13.1 Å². The van der Waals surface area contributed by atoms with Crippen LogP contribution < -0.4 is 16.8 Å². The van der Waals surface area contributed by atoms with Crippen LogP contribution in [0.2, 0.25) is 0 Å². The second kappa shape index (κ2) is 11.0. The molecule has 1 amide bonds. The summed E-state index contributed by atoms with van der Waals surface area (Å²) in [6.07, 6.45) is 1.59. The third-order valence-corrected chi connectivity index (χ3v) is 4.18. The molecular weight excluding hydrogens is 404 g/mol. The standard InChI is InChI=1S/C19H22FN5O.2ClH/c20-14-6-3-12(4-7-14)13-5-8-16-17(10-13)25-18(24-16)19(26)23-11-15(22)2-1-9-21;;/h3-8,10,15H,1-2,9,11,21-22H2,(H,23,26)(H,24,25);2*1H/t15-;;/m1../s1. The number of nitrogens with two attached hydrogens (primary N) is 2. The Labute approximate surface area is 175 Å². The van der Waals surface area contributed by atoms with Crippen LogP contribution in [-0.2, 0) is 0 Å². The number of amides is 1. The van der Waals surface area contributed by atoms with E-state index in [-0.39, 0.29) is 48.4 Å². The van der Waals surface area contributed by atoms with Crippen molar-refractivity contribution in [3.05, 3.63) is 54.1 Å². The van der Waals surface area contributed by atoms with Gasteiger partial charge in [-0.25, -0.2) is 9.37 Å². The number of aromatic amines is 1. The predicted octanol–water partition coefficient (Wildman–Crippen LogP) is 3.01. The van der Waals surface area contributed by atoms with Crippen LogP contribution in [0.25, 0.3) is 22.2 Å². The summed E-state index contributed by atoms with van der Waals surface area (Å²) < 4.78 is 13.1. The van der Waals surface area contributed by atoms with E-state index in [4.69, 9.17) is 11.5 Å². The molecule has 0 aliphatic rings. The molecule has 0 radical (unpaired) electrons. The van der Waals surface area contributed by atoms with E-state index in [2.05, 4.69) is 15.3 Å². The number of rotatable bonds is 7. The number of benzene rings is 2. The van der Waals surface area contributed by atoms with Gasteiger partial charge in [-0.15, -0.1) is 24.8 Å². The zero-order valence-corrected chi connectivity index (χ0v) is 16.8. The van der Waals surface area contributed by atoms with Crippen LogP contribution in [0, 0.1) is 5.82 Å². The molecule has 0 spiro atoms. The van der Waals surface area contributed by atoms with Crippen LogP contribution in [-0.4, -0.2) is 35.0 Å². The van der Waals surface area contributed by atoms with Crippen molar-refractivity contribution in [2.45, 2.75) is 18.9 Å². The van der Waals surface area contributed by atoms with Crippen LogP contribution in [0.1, 0.15) is 23.5 Å². The number of carbonyl (C=O) groups excluding carboxylic acids is 1. The fraction of sp³-hybridized carbons (Fsp3) is 0.263. The predicted molar refractivity (Wildman–Crippen MR) is 115 cm³/mol. The maximum atomic E-state index is 13.1. The Morgan fingerprint density at radius 3 is 2.50 bits per heavy atom. The van der Waals surface area contributed by atoms with E-state index in [9.17, 15) is 9.18 Å². The quantitative estimate of drug-likeness (QED) is 0.464. The third-order valence-electron chi connectivity index (χ3n) is 4.18. The first-order valence-electron chi connectivity index (χ1n) is 8.56. The Bertz CT molecular complexity index is 901. The van der Waals surface area contributed by atoms with E-state index in [1.54, 1.807) is 12.1 Å². The summed E-state index contributed by atoms with van der Waals surface area (Å²) in [6, 6.07) is 11.7. The lowest BCUT2D eigenvalue weighted by atomic mass is 10.1. The minimum Gasteiger partial charge on any atom is -0.348 e. The van der Waals surface area contributed by atoms with E-state index in [0.29, 0.717) is 18.6 Å². The summed E-state index contributed by atoms with van der Waals surface area (Å²) in [7, 11) is 0. The number of imidazole rings is 1. The first-order valence-corrected chi connectivity index (χ1v) is 8.56. The van der Waals surface area contributed by atoms with Crippen molar-refractivity contribution in [3.8, 4) is 11.1 Å². The molecule has 1 heterocycles. The van der Waals surface area contributed by atoms with Gasteiger partial charge in [-0.1, -0.05) is 18.2 Å². The first-order chi connectivity index (χ1) is 12.6. The van der Waals surface area contributed by atoms with Crippen LogP contribution in [0.4, 0.5) is 4.39 Å². The number of H-pyrrole nitrogens is 1. The molecule has 28 heavy (non-hydrogen) atoms. The normalized spacial score (nSPS) is 11.4. The van der Waals surface area contributed by atoms with Crippen LogP contribution in [0.15, 0.2) is 42.5 Å². The van der Waals surface area contributed by atoms with E-state index >= 15 is 0 Å². The highest BCUT2D eigenvalue weighted by Gasteiger charge is 2.13. The second-order valence-corrected chi connectivity index (χ2v) is 6.23. The topological polar surface area (TPSA) is 110 Å². The van der Waals surface area contributed by atoms with Gasteiger partial charge in [-0.05, 0) is 54.8 Å². The van der Waals surface area contributed by atoms with Crippen molar-refractivity contribution in [1.82, 2.24) is 15.3 Å². The molecule has 0 aliphatic heterocycles. The minimum atomic E-state index is -0.298. The van der Waals surface area contributed by atoms with E-state index < -0.39 is 0 Å². The molecule has 0 unspecified atom stereocenters. The smallest absolute Gasteiger partial charge is 0.287 e. The van der Waals surface area contributed by atoms with Crippen molar-refractivity contribution < 1.29 is 9.18 Å². The lowest BCUT2D eigenvalue weighted by Gasteiger charge is -2.11. The number of nitrogens with one attached hydrogen (secondary N) is 2. The first kappa shape index (κ1) is 23.8. The Morgan fingerprint density at radius 2 is 1.82 bits per heavy atom. The third kappa shape index (κ3) is 5.90. The summed E-state index contributed by atoms with van der Waals surface area (Å²) in [5, 5.41) is 2.78. The maximum absolute atomic E-state index is 13.1. The number of hydrogen-bond donors (Lipinski definition) is 4. The number of nitrogens with zero attached hydrogens (tertiary/aromatic N) is 1. The fourth-order valence-electron chi connectivity index (χ4n) is 2.72. The van der Waals surface area contributed by atoms with Gasteiger partial charge in [0.1, 0.15) is 5.82 Å². The van der Waals surface area contributed by atoms with Gasteiger partial charge in [0, 0.05) is 12.6 Å². The summed E-state index contributed by atoms with van der Waals surface area (Å²) >= 11 is 0. The highest BCUT2D eigenvalue weighted by Crippen LogP contribution is 2.23. The van der Waals surface area contributed by atoms with Crippen molar-refractivity contribution in [3.63, 3.8) is 0 Å². The lowest BCUT2D eigenvalue weighted by molar-refractivity contribution is 0.0941. The van der Waals surface area contributed by atoms with Crippen molar-refractivity contribution >= 4 is 41.8 Å². The van der Waals surface area contributed by atoms with Gasteiger partial charge in [0.05, 0.1) is 11.0 Å². The van der Waals surface area contributed by atoms with E-state index in [1.807, 2.05) is 18.2 Å². The van der Waals surface area contributed by atoms with Gasteiger partial charge in [0.25, 0.3) is 5.91 Å². The lowest BCUT2D eigenvalue weighted by Crippen LogP contribution is -2.37. The molecule has 3 aromatic rings. The van der Waals surface area contributed by atoms with Gasteiger partial charge in [0.15, 0.2) is 5.82 Å². The number of carbonyl (C=O) groups is 1. The van der Waals surface area contributed by atoms with E-state index in [0.717, 1.165) is 29.5 Å². The average Bonchev–Trinajstić information content (AvgIpc) is 3.08. The van der Waals surface area contributed by atoms with E-state index in [1.165, 1.54) is 12.1 Å². The van der Waals surface area contributed by atoms with Gasteiger partial charge < -0.3 is 21.8 Å². The fourth-order valence-corrected chi connectivity index (χ4v) is 2.72. The number of aromatic nitrogens is 2. The summed E-state index contributed by atoms with van der Waals surface area (Å²) in [4.78, 5) is 19.6. The summed E-state index contributed by atoms with van der Waals surface area (Å²) in [5.74, 6) is -0.340. The zero-order chi connectivity index (χ0) is 18.5. The largest absolute Gasteiger partial charge is 0.348 e. The minimum absolute atomic E-state index is 0. The van der Waals surface area contributed by atoms with Gasteiger partial charge in [-0.3, -0.25) is 4.79 Å². The molecule has 0 fully saturated rings.